The molecule has 0 unspecified atom stereocenters. The zero-order chi connectivity index (χ0) is 17.0. The van der Waals surface area contributed by atoms with Crippen molar-refractivity contribution in [3.63, 3.8) is 0 Å². The zero-order valence-electron chi connectivity index (χ0n) is 13.5. The molecule has 0 spiro atoms. The Labute approximate surface area is 141 Å². The SMILES string of the molecule is CC(C)(C)N(NC(=O)c1ccccc1)C(=O)C1=CC=CCC1=S. The van der Waals surface area contributed by atoms with E-state index in [0.717, 1.165) is 0 Å². The first kappa shape index (κ1) is 17.1. The largest absolute Gasteiger partial charge is 0.273 e. The molecule has 4 nitrogen and oxygen atoms in total. The van der Waals surface area contributed by atoms with E-state index in [9.17, 15) is 9.59 Å². The molecule has 0 bridgehead atoms. The molecule has 0 saturated carbocycles. The highest BCUT2D eigenvalue weighted by molar-refractivity contribution is 7.81. The van der Waals surface area contributed by atoms with Gasteiger partial charge in [-0.1, -0.05) is 42.6 Å². The summed E-state index contributed by atoms with van der Waals surface area (Å²) in [5.41, 5.74) is 3.07. The van der Waals surface area contributed by atoms with Crippen LogP contribution in [0.5, 0.6) is 0 Å². The molecule has 1 aromatic carbocycles. The number of nitrogens with one attached hydrogen (secondary N) is 1. The maximum Gasteiger partial charge on any atom is 0.273 e. The Kier molecular flexibility index (Phi) is 5.11. The molecular weight excluding hydrogens is 308 g/mol. The molecule has 1 N–H and O–H groups in total. The van der Waals surface area contributed by atoms with Crippen LogP contribution in [-0.4, -0.2) is 27.2 Å². The molecule has 5 heteroatoms. The minimum absolute atomic E-state index is 0.295. The number of hydrazine groups is 1. The van der Waals surface area contributed by atoms with E-state index in [4.69, 9.17) is 12.2 Å². The van der Waals surface area contributed by atoms with E-state index in [-0.39, 0.29) is 11.8 Å². The van der Waals surface area contributed by atoms with Gasteiger partial charge in [0.25, 0.3) is 11.8 Å². The molecule has 0 fully saturated rings. The van der Waals surface area contributed by atoms with Crippen LogP contribution < -0.4 is 5.43 Å². The lowest BCUT2D eigenvalue weighted by Gasteiger charge is -2.36. The molecule has 0 radical (unpaired) electrons. The summed E-state index contributed by atoms with van der Waals surface area (Å²) in [5.74, 6) is -0.622. The van der Waals surface area contributed by atoms with Crippen molar-refractivity contribution < 1.29 is 9.59 Å². The number of carbonyl (C=O) groups excluding carboxylic acids is 2. The van der Waals surface area contributed by atoms with Crippen molar-refractivity contribution >= 4 is 28.9 Å². The van der Waals surface area contributed by atoms with Crippen LogP contribution in [0.15, 0.2) is 54.1 Å². The smallest absolute Gasteiger partial charge is 0.267 e. The Balaban J connectivity index is 2.26. The van der Waals surface area contributed by atoms with Gasteiger partial charge in [0.1, 0.15) is 0 Å². The second kappa shape index (κ2) is 6.87. The lowest BCUT2D eigenvalue weighted by molar-refractivity contribution is -0.134. The average Bonchev–Trinajstić information content (AvgIpc) is 2.52. The van der Waals surface area contributed by atoms with Crippen LogP contribution in [0.3, 0.4) is 0 Å². The first-order valence-corrected chi connectivity index (χ1v) is 7.82. The first-order chi connectivity index (χ1) is 10.8. The van der Waals surface area contributed by atoms with Gasteiger partial charge in [-0.3, -0.25) is 15.0 Å². The number of rotatable bonds is 2. The highest BCUT2D eigenvalue weighted by atomic mass is 32.1. The van der Waals surface area contributed by atoms with Crippen molar-refractivity contribution in [1.82, 2.24) is 10.4 Å². The fraction of sp³-hybridized carbons (Fsp3) is 0.278. The fourth-order valence-corrected chi connectivity index (χ4v) is 2.38. The monoisotopic (exact) mass is 328 g/mol. The van der Waals surface area contributed by atoms with Crippen molar-refractivity contribution in [2.45, 2.75) is 32.7 Å². The summed E-state index contributed by atoms with van der Waals surface area (Å²) in [6.45, 7) is 5.58. The van der Waals surface area contributed by atoms with Crippen LogP contribution >= 0.6 is 12.2 Å². The summed E-state index contributed by atoms with van der Waals surface area (Å²) in [6.07, 6.45) is 5.98. The van der Waals surface area contributed by atoms with E-state index in [0.29, 0.717) is 22.4 Å². The minimum atomic E-state index is -0.584. The van der Waals surface area contributed by atoms with Crippen LogP contribution in [0, 0.1) is 0 Å². The maximum atomic E-state index is 12.8. The number of nitrogens with zero attached hydrogens (tertiary/aromatic N) is 1. The van der Waals surface area contributed by atoms with Crippen molar-refractivity contribution in [1.29, 1.82) is 0 Å². The average molecular weight is 328 g/mol. The molecule has 120 valence electrons. The predicted molar refractivity (Wildman–Crippen MR) is 94.9 cm³/mol. The van der Waals surface area contributed by atoms with Gasteiger partial charge in [-0.15, -0.1) is 0 Å². The maximum absolute atomic E-state index is 12.8. The standard InChI is InChI=1S/C18H20N2O2S/c1-18(2,3)20(17(22)14-11-7-8-12-15(14)23)19-16(21)13-9-5-4-6-10-13/h4-11H,12H2,1-3H3,(H,19,21). The predicted octanol–water partition coefficient (Wildman–Crippen LogP) is 3.21. The van der Waals surface area contributed by atoms with E-state index < -0.39 is 5.54 Å². The molecular formula is C18H20N2O2S. The topological polar surface area (TPSA) is 49.4 Å². The molecule has 23 heavy (non-hydrogen) atoms. The molecule has 1 aliphatic carbocycles. The summed E-state index contributed by atoms with van der Waals surface area (Å²) in [7, 11) is 0. The molecule has 0 aliphatic heterocycles. The normalized spacial score (nSPS) is 14.2. The summed E-state index contributed by atoms with van der Waals surface area (Å²) in [6, 6.07) is 8.80. The minimum Gasteiger partial charge on any atom is -0.267 e. The molecule has 2 amide bonds. The highest BCUT2D eigenvalue weighted by Gasteiger charge is 2.32. The molecule has 0 aromatic heterocycles. The third kappa shape index (κ3) is 4.13. The van der Waals surface area contributed by atoms with Gasteiger partial charge in [0, 0.05) is 16.8 Å². The second-order valence-corrected chi connectivity index (χ2v) is 6.75. The van der Waals surface area contributed by atoms with Crippen LogP contribution in [0.2, 0.25) is 0 Å². The Morgan fingerprint density at radius 3 is 2.39 bits per heavy atom. The molecule has 0 atom stereocenters. The van der Waals surface area contributed by atoms with E-state index in [1.807, 2.05) is 39.0 Å². The van der Waals surface area contributed by atoms with Gasteiger partial charge < -0.3 is 0 Å². The van der Waals surface area contributed by atoms with Gasteiger partial charge in [0.2, 0.25) is 0 Å². The third-order valence-corrected chi connectivity index (χ3v) is 3.74. The zero-order valence-corrected chi connectivity index (χ0v) is 14.3. The van der Waals surface area contributed by atoms with Gasteiger partial charge in [0.15, 0.2) is 0 Å². The Morgan fingerprint density at radius 2 is 1.83 bits per heavy atom. The highest BCUT2D eigenvalue weighted by Crippen LogP contribution is 2.19. The number of thiocarbonyl (C=S) groups is 1. The van der Waals surface area contributed by atoms with Crippen LogP contribution in [-0.2, 0) is 4.79 Å². The Morgan fingerprint density at radius 1 is 1.17 bits per heavy atom. The summed E-state index contributed by atoms with van der Waals surface area (Å²) in [5, 5.41) is 1.35. The fourth-order valence-electron chi connectivity index (χ4n) is 2.13. The number of hydrogen-bond acceptors (Lipinski definition) is 3. The van der Waals surface area contributed by atoms with Gasteiger partial charge >= 0.3 is 0 Å². The Hall–Kier alpha value is -2.27. The van der Waals surface area contributed by atoms with Crippen molar-refractivity contribution in [2.24, 2.45) is 0 Å². The van der Waals surface area contributed by atoms with E-state index in [1.54, 1.807) is 30.3 Å². The summed E-state index contributed by atoms with van der Waals surface area (Å²) in [4.78, 5) is 25.8. The van der Waals surface area contributed by atoms with Gasteiger partial charge in [0.05, 0.1) is 11.1 Å². The summed E-state index contributed by atoms with van der Waals surface area (Å²) >= 11 is 5.27. The van der Waals surface area contributed by atoms with Crippen molar-refractivity contribution in [3.05, 3.63) is 59.7 Å². The molecule has 1 aromatic rings. The number of benzene rings is 1. The van der Waals surface area contributed by atoms with Crippen LogP contribution in [0.1, 0.15) is 37.6 Å². The van der Waals surface area contributed by atoms with Gasteiger partial charge in [-0.05, 0) is 39.0 Å². The second-order valence-electron chi connectivity index (χ2n) is 6.25. The summed E-state index contributed by atoms with van der Waals surface area (Å²) < 4.78 is 0. The van der Waals surface area contributed by atoms with E-state index >= 15 is 0 Å². The van der Waals surface area contributed by atoms with Crippen LogP contribution in [0.4, 0.5) is 0 Å². The quantitative estimate of drug-likeness (QED) is 0.670. The first-order valence-electron chi connectivity index (χ1n) is 7.41. The van der Waals surface area contributed by atoms with Gasteiger partial charge in [-0.25, -0.2) is 5.01 Å². The molecule has 0 saturated heterocycles. The van der Waals surface area contributed by atoms with Crippen molar-refractivity contribution in [3.8, 4) is 0 Å². The van der Waals surface area contributed by atoms with E-state index in [1.165, 1.54) is 5.01 Å². The molecule has 0 heterocycles. The molecule has 1 aliphatic rings. The molecule has 2 rings (SSSR count). The number of hydrogen-bond donors (Lipinski definition) is 1. The lowest BCUT2D eigenvalue weighted by Crippen LogP contribution is -2.56. The number of amides is 2. The van der Waals surface area contributed by atoms with Gasteiger partial charge in [-0.2, -0.15) is 0 Å². The Bertz CT molecular complexity index is 685. The number of allylic oxidation sites excluding steroid dienone is 3. The van der Waals surface area contributed by atoms with Crippen LogP contribution in [0.25, 0.3) is 0 Å². The van der Waals surface area contributed by atoms with Crippen molar-refractivity contribution in [2.75, 3.05) is 0 Å². The number of carbonyl (C=O) groups is 2. The van der Waals surface area contributed by atoms with E-state index in [2.05, 4.69) is 5.43 Å². The lowest BCUT2D eigenvalue weighted by atomic mass is 10.0. The third-order valence-electron chi connectivity index (χ3n) is 3.36.